The van der Waals surface area contributed by atoms with E-state index >= 15 is 0 Å². The summed E-state index contributed by atoms with van der Waals surface area (Å²) in [6, 6.07) is 10.1. The quantitative estimate of drug-likeness (QED) is 0.155. The van der Waals surface area contributed by atoms with Gasteiger partial charge < -0.3 is 19.8 Å². The van der Waals surface area contributed by atoms with Gasteiger partial charge in [0.2, 0.25) is 0 Å². The molecule has 0 fully saturated rings. The number of aromatic nitrogens is 2. The van der Waals surface area contributed by atoms with Crippen molar-refractivity contribution >= 4 is 49.3 Å². The summed E-state index contributed by atoms with van der Waals surface area (Å²) in [5.74, 6) is -7.50. The van der Waals surface area contributed by atoms with E-state index in [2.05, 4.69) is 14.7 Å². The summed E-state index contributed by atoms with van der Waals surface area (Å²) in [6.07, 6.45) is -6.36. The summed E-state index contributed by atoms with van der Waals surface area (Å²) in [6.45, 7) is 2.72. The highest BCUT2D eigenvalue weighted by Gasteiger charge is 2.49. The van der Waals surface area contributed by atoms with E-state index in [1.807, 2.05) is 0 Å². The third kappa shape index (κ3) is 5.07. The number of benzene rings is 3. The number of H-pyrrole nitrogens is 2. The van der Waals surface area contributed by atoms with Crippen LogP contribution in [-0.2, 0) is 24.3 Å². The average molecular weight is 551 g/mol. The smallest absolute Gasteiger partial charge is 0.451 e. The summed E-state index contributed by atoms with van der Waals surface area (Å²) in [5.41, 5.74) is -1.15. The normalized spacial score (nSPS) is 13.1. The number of anilines is 1. The Hall–Kier alpha value is -4.33. The maximum atomic E-state index is 13.5. The number of phenols is 1. The Morgan fingerprint density at radius 2 is 1.63 bits per heavy atom. The number of alkyl halides is 3. The number of rotatable bonds is 7. The molecule has 0 bridgehead atoms. The Morgan fingerprint density at radius 3 is 2.26 bits per heavy atom. The van der Waals surface area contributed by atoms with Crippen molar-refractivity contribution in [3.63, 3.8) is 0 Å². The van der Waals surface area contributed by atoms with Crippen LogP contribution in [0.3, 0.4) is 0 Å². The first-order chi connectivity index (χ1) is 17.7. The van der Waals surface area contributed by atoms with Crippen molar-refractivity contribution in [1.29, 1.82) is 0 Å². The van der Waals surface area contributed by atoms with E-state index in [-0.39, 0.29) is 26.9 Å². The first-order valence-electron chi connectivity index (χ1n) is 11.0. The second-order valence-electron chi connectivity index (χ2n) is 8.58. The number of ketones is 1. The number of carbonyl (C=O) groups is 2. The van der Waals surface area contributed by atoms with Gasteiger partial charge in [0.15, 0.2) is 5.92 Å². The monoisotopic (exact) mass is 551 g/mol. The van der Waals surface area contributed by atoms with Crippen LogP contribution in [0, 0.1) is 0 Å². The molecule has 4 aromatic rings. The minimum absolute atomic E-state index is 0.0730. The molecule has 0 spiro atoms. The third-order valence-corrected chi connectivity index (χ3v) is 6.89. The molecule has 0 amide bonds. The van der Waals surface area contributed by atoms with Crippen LogP contribution in [0.15, 0.2) is 58.2 Å². The van der Waals surface area contributed by atoms with Gasteiger partial charge in [0.05, 0.1) is 27.7 Å². The Kier molecular flexibility index (Phi) is 6.69. The number of esters is 1. The average Bonchev–Trinajstić information content (AvgIpc) is 3.20. The number of carbonyl (C=O) groups excluding carboxylic acids is 2. The van der Waals surface area contributed by atoms with Crippen molar-refractivity contribution in [3.05, 3.63) is 64.6 Å². The number of ether oxygens (including phenoxy) is 1. The Morgan fingerprint density at radius 1 is 1.00 bits per heavy atom. The zero-order valence-electron chi connectivity index (χ0n) is 19.7. The predicted octanol–water partition coefficient (Wildman–Crippen LogP) is 3.68. The van der Waals surface area contributed by atoms with E-state index in [9.17, 15) is 41.1 Å². The Balaban J connectivity index is 1.90. The predicted molar refractivity (Wildman–Crippen MR) is 130 cm³/mol. The molecule has 200 valence electrons. The van der Waals surface area contributed by atoms with Gasteiger partial charge in [0, 0.05) is 16.3 Å². The van der Waals surface area contributed by atoms with Gasteiger partial charge in [0.25, 0.3) is 15.8 Å². The first-order valence-corrected chi connectivity index (χ1v) is 12.5. The van der Waals surface area contributed by atoms with Crippen molar-refractivity contribution in [2.75, 3.05) is 4.72 Å². The van der Waals surface area contributed by atoms with E-state index in [4.69, 9.17) is 4.74 Å². The standard InChI is InChI=1S/C24H20F3N3O7S/c1-11(2)37-22(33)19(21(32)24(25,26)27)15-10-17(13-5-3-4-6-14(13)20(15)31)30-38(35,36)12-7-8-16-18(9-12)29-23(34)28-16/h3-11,19,30-31H,1-2H3,(H2,28,29,34)/t19-/m1/s1. The molecule has 10 nitrogen and oxygen atoms in total. The SMILES string of the molecule is CC(C)OC(=O)[C@@H](C(=O)C(F)(F)F)c1cc(NS(=O)(=O)c2ccc3[nH]c(=O)[nH]c3c2)c2ccccc2c1O. The molecular formula is C24H20F3N3O7S. The highest BCUT2D eigenvalue weighted by atomic mass is 32.2. The molecule has 1 heterocycles. The number of fused-ring (bicyclic) bond motifs is 2. The van der Waals surface area contributed by atoms with Gasteiger partial charge >= 0.3 is 17.8 Å². The van der Waals surface area contributed by atoms with Gasteiger partial charge in [-0.25, -0.2) is 13.2 Å². The van der Waals surface area contributed by atoms with Crippen molar-refractivity contribution in [2.24, 2.45) is 0 Å². The number of phenolic OH excluding ortho intramolecular Hbond substituents is 1. The molecule has 3 aromatic carbocycles. The van der Waals surface area contributed by atoms with E-state index in [1.54, 1.807) is 0 Å². The lowest BCUT2D eigenvalue weighted by Crippen LogP contribution is -2.35. The molecule has 14 heteroatoms. The second-order valence-corrected chi connectivity index (χ2v) is 10.3. The van der Waals surface area contributed by atoms with Crippen molar-refractivity contribution in [1.82, 2.24) is 9.97 Å². The van der Waals surface area contributed by atoms with Gasteiger partial charge in [-0.1, -0.05) is 24.3 Å². The Bertz CT molecular complexity index is 1740. The Labute approximate surface area is 212 Å². The van der Waals surface area contributed by atoms with Crippen LogP contribution in [0.5, 0.6) is 5.75 Å². The first kappa shape index (κ1) is 26.7. The number of halogens is 3. The molecule has 0 radical (unpaired) electrons. The maximum absolute atomic E-state index is 13.5. The number of aromatic amines is 2. The summed E-state index contributed by atoms with van der Waals surface area (Å²) < 4.78 is 74.0. The summed E-state index contributed by atoms with van der Waals surface area (Å²) in [7, 11) is -4.42. The van der Waals surface area contributed by atoms with Crippen molar-refractivity contribution in [3.8, 4) is 5.75 Å². The molecular weight excluding hydrogens is 531 g/mol. The van der Waals surface area contributed by atoms with Crippen LogP contribution in [0.25, 0.3) is 21.8 Å². The van der Waals surface area contributed by atoms with Gasteiger partial charge in [-0.05, 0) is 38.1 Å². The van der Waals surface area contributed by atoms with E-state index in [0.29, 0.717) is 5.52 Å². The highest BCUT2D eigenvalue weighted by molar-refractivity contribution is 7.92. The van der Waals surface area contributed by atoms with Crippen molar-refractivity contribution < 1.29 is 41.0 Å². The van der Waals surface area contributed by atoms with E-state index in [1.165, 1.54) is 50.2 Å². The van der Waals surface area contributed by atoms with E-state index < -0.39 is 57.0 Å². The van der Waals surface area contributed by atoms with Crippen LogP contribution in [0.2, 0.25) is 0 Å². The summed E-state index contributed by atoms with van der Waals surface area (Å²) >= 11 is 0. The molecule has 38 heavy (non-hydrogen) atoms. The molecule has 0 aliphatic heterocycles. The minimum atomic E-state index is -5.47. The lowest BCUT2D eigenvalue weighted by molar-refractivity contribution is -0.178. The van der Waals surface area contributed by atoms with Crippen LogP contribution in [-0.4, -0.2) is 47.5 Å². The summed E-state index contributed by atoms with van der Waals surface area (Å²) in [4.78, 5) is 41.1. The molecule has 1 aromatic heterocycles. The van der Waals surface area contributed by atoms with Gasteiger partial charge in [0.1, 0.15) is 5.75 Å². The van der Waals surface area contributed by atoms with Gasteiger partial charge in [-0.15, -0.1) is 0 Å². The zero-order valence-corrected chi connectivity index (χ0v) is 20.5. The van der Waals surface area contributed by atoms with Crippen LogP contribution < -0.4 is 10.4 Å². The van der Waals surface area contributed by atoms with Crippen molar-refractivity contribution in [2.45, 2.75) is 36.9 Å². The lowest BCUT2D eigenvalue weighted by Gasteiger charge is -2.21. The molecule has 0 saturated carbocycles. The van der Waals surface area contributed by atoms with Crippen LogP contribution in [0.4, 0.5) is 18.9 Å². The third-order valence-electron chi connectivity index (χ3n) is 5.53. The molecule has 4 N–H and O–H groups in total. The second kappa shape index (κ2) is 9.52. The van der Waals surface area contributed by atoms with Crippen LogP contribution >= 0.6 is 0 Å². The number of nitrogens with one attached hydrogen (secondary N) is 3. The molecule has 0 unspecified atom stereocenters. The number of hydrogen-bond donors (Lipinski definition) is 4. The number of sulfonamides is 1. The topological polar surface area (TPSA) is 158 Å². The number of hydrogen-bond acceptors (Lipinski definition) is 7. The lowest BCUT2D eigenvalue weighted by atomic mass is 9.90. The van der Waals surface area contributed by atoms with E-state index in [0.717, 1.165) is 12.1 Å². The highest BCUT2D eigenvalue weighted by Crippen LogP contribution is 2.41. The molecule has 4 rings (SSSR count). The fourth-order valence-electron chi connectivity index (χ4n) is 3.91. The van der Waals surface area contributed by atoms with Gasteiger partial charge in [-0.3, -0.25) is 14.3 Å². The fourth-order valence-corrected chi connectivity index (χ4v) is 5.00. The number of aromatic hydroxyl groups is 1. The number of Topliss-reactive ketones (excluding diaryl/α,β-unsaturated/α-hetero) is 1. The number of imidazole rings is 1. The molecule has 0 aliphatic rings. The minimum Gasteiger partial charge on any atom is -0.507 e. The maximum Gasteiger partial charge on any atom is 0.451 e. The zero-order chi connectivity index (χ0) is 28.0. The fraction of sp³-hybridized carbons (Fsp3) is 0.208. The molecule has 0 aliphatic carbocycles. The van der Waals surface area contributed by atoms with Gasteiger partial charge in [-0.2, -0.15) is 13.2 Å². The summed E-state index contributed by atoms with van der Waals surface area (Å²) in [5, 5.41) is 10.8. The largest absolute Gasteiger partial charge is 0.507 e. The molecule has 1 atom stereocenters. The molecule has 0 saturated heterocycles. The van der Waals surface area contributed by atoms with Crippen LogP contribution in [0.1, 0.15) is 25.3 Å².